The maximum absolute atomic E-state index is 13.1. The lowest BCUT2D eigenvalue weighted by molar-refractivity contribution is 0.0999. The van der Waals surface area contributed by atoms with Crippen molar-refractivity contribution < 1.29 is 4.79 Å². The summed E-state index contributed by atoms with van der Waals surface area (Å²) in [7, 11) is 0. The molecule has 0 unspecified atom stereocenters. The van der Waals surface area contributed by atoms with Crippen LogP contribution in [0.2, 0.25) is 0 Å². The molecule has 0 aliphatic heterocycles. The Hall–Kier alpha value is -2.50. The number of halogens is 1. The van der Waals surface area contributed by atoms with Gasteiger partial charge in [-0.05, 0) is 47.9 Å². The van der Waals surface area contributed by atoms with E-state index >= 15 is 0 Å². The first-order valence-electron chi connectivity index (χ1n) is 9.67. The highest BCUT2D eigenvalue weighted by atomic mass is 79.9. The van der Waals surface area contributed by atoms with Crippen LogP contribution in [0.4, 0.5) is 0 Å². The highest BCUT2D eigenvalue weighted by molar-refractivity contribution is 9.10. The average Bonchev–Trinajstić information content (AvgIpc) is 3.11. The standard InChI is InChI=1S/C24H21BrN2OS/c1-3-21-22(17-12-14-18(25)15-13-17)27(4-2)24(29-21)26-23(28)20-11-7-9-16-8-5-6-10-19(16)20/h5-15H,3-4H2,1-2H3. The SMILES string of the molecule is CCc1sc(=NC(=O)c2cccc3ccccc23)n(CC)c1-c1ccc(Br)cc1. The Bertz CT molecular complexity index is 1250. The smallest absolute Gasteiger partial charge is 0.280 e. The fourth-order valence-electron chi connectivity index (χ4n) is 3.56. The van der Waals surface area contributed by atoms with Gasteiger partial charge in [0, 0.05) is 21.5 Å². The summed E-state index contributed by atoms with van der Waals surface area (Å²) in [6, 6.07) is 22.0. The minimum Gasteiger partial charge on any atom is -0.316 e. The fourth-order valence-corrected chi connectivity index (χ4v) is 4.97. The van der Waals surface area contributed by atoms with Crippen molar-refractivity contribution in [1.82, 2.24) is 4.57 Å². The molecule has 1 amide bonds. The van der Waals surface area contributed by atoms with E-state index in [1.807, 2.05) is 54.6 Å². The lowest BCUT2D eigenvalue weighted by atomic mass is 10.0. The molecule has 0 saturated carbocycles. The minimum absolute atomic E-state index is 0.199. The minimum atomic E-state index is -0.199. The Morgan fingerprint density at radius 2 is 1.72 bits per heavy atom. The van der Waals surface area contributed by atoms with Crippen LogP contribution < -0.4 is 4.80 Å². The second kappa shape index (κ2) is 8.47. The number of fused-ring (bicyclic) bond motifs is 1. The predicted molar refractivity (Wildman–Crippen MR) is 124 cm³/mol. The van der Waals surface area contributed by atoms with Gasteiger partial charge in [0.05, 0.1) is 5.69 Å². The molecule has 0 radical (unpaired) electrons. The highest BCUT2D eigenvalue weighted by Gasteiger charge is 2.15. The molecule has 0 aliphatic rings. The van der Waals surface area contributed by atoms with Crippen molar-refractivity contribution in [3.8, 4) is 11.3 Å². The number of amides is 1. The molecule has 3 nitrogen and oxygen atoms in total. The van der Waals surface area contributed by atoms with Crippen LogP contribution >= 0.6 is 27.3 Å². The normalized spacial score (nSPS) is 11.9. The maximum atomic E-state index is 13.1. The van der Waals surface area contributed by atoms with Gasteiger partial charge in [0.15, 0.2) is 4.80 Å². The Morgan fingerprint density at radius 1 is 1.00 bits per heavy atom. The third-order valence-corrected chi connectivity index (χ3v) is 6.70. The monoisotopic (exact) mass is 464 g/mol. The number of benzene rings is 3. The van der Waals surface area contributed by atoms with E-state index in [-0.39, 0.29) is 5.91 Å². The summed E-state index contributed by atoms with van der Waals surface area (Å²) in [5, 5.41) is 1.99. The molecule has 29 heavy (non-hydrogen) atoms. The maximum Gasteiger partial charge on any atom is 0.280 e. The fraction of sp³-hybridized carbons (Fsp3) is 0.167. The van der Waals surface area contributed by atoms with E-state index < -0.39 is 0 Å². The first-order chi connectivity index (χ1) is 14.1. The molecule has 0 atom stereocenters. The summed E-state index contributed by atoms with van der Waals surface area (Å²) >= 11 is 5.11. The summed E-state index contributed by atoms with van der Waals surface area (Å²) < 4.78 is 3.20. The summed E-state index contributed by atoms with van der Waals surface area (Å²) in [6.07, 6.45) is 0.897. The van der Waals surface area contributed by atoms with Gasteiger partial charge in [-0.1, -0.05) is 71.4 Å². The Balaban J connectivity index is 1.87. The van der Waals surface area contributed by atoms with Gasteiger partial charge < -0.3 is 4.57 Å². The number of hydrogen-bond acceptors (Lipinski definition) is 2. The molecule has 3 aromatic carbocycles. The Morgan fingerprint density at radius 3 is 2.45 bits per heavy atom. The lowest BCUT2D eigenvalue weighted by Crippen LogP contribution is -2.17. The van der Waals surface area contributed by atoms with Crippen molar-refractivity contribution in [3.63, 3.8) is 0 Å². The number of aryl methyl sites for hydroxylation is 1. The van der Waals surface area contributed by atoms with Crippen LogP contribution in [0.1, 0.15) is 29.1 Å². The van der Waals surface area contributed by atoms with Gasteiger partial charge in [0.1, 0.15) is 0 Å². The molecule has 0 saturated heterocycles. The second-order valence-corrected chi connectivity index (χ2v) is 8.68. The number of carbonyl (C=O) groups excluding carboxylic acids is 1. The summed E-state index contributed by atoms with van der Waals surface area (Å²) in [5.74, 6) is -0.199. The number of nitrogens with zero attached hydrogens (tertiary/aromatic N) is 2. The quantitative estimate of drug-likeness (QED) is 0.341. The van der Waals surface area contributed by atoms with Crippen LogP contribution in [0.3, 0.4) is 0 Å². The zero-order valence-corrected chi connectivity index (χ0v) is 18.8. The predicted octanol–water partition coefficient (Wildman–Crippen LogP) is 6.46. The third-order valence-electron chi connectivity index (χ3n) is 4.95. The molecule has 0 bridgehead atoms. The number of thiazole rings is 1. The van der Waals surface area contributed by atoms with Crippen molar-refractivity contribution >= 4 is 43.9 Å². The number of carbonyl (C=O) groups is 1. The van der Waals surface area contributed by atoms with Crippen molar-refractivity contribution in [2.45, 2.75) is 26.8 Å². The van der Waals surface area contributed by atoms with Gasteiger partial charge >= 0.3 is 0 Å². The lowest BCUT2D eigenvalue weighted by Gasteiger charge is -2.09. The third kappa shape index (κ3) is 3.85. The average molecular weight is 465 g/mol. The van der Waals surface area contributed by atoms with Crippen LogP contribution in [0.5, 0.6) is 0 Å². The van der Waals surface area contributed by atoms with Crippen LogP contribution in [0, 0.1) is 0 Å². The molecule has 0 fully saturated rings. The van der Waals surface area contributed by atoms with E-state index in [2.05, 4.69) is 51.5 Å². The number of hydrogen-bond donors (Lipinski definition) is 0. The van der Waals surface area contributed by atoms with Gasteiger partial charge in [-0.25, -0.2) is 0 Å². The van der Waals surface area contributed by atoms with Crippen molar-refractivity contribution in [2.75, 3.05) is 0 Å². The van der Waals surface area contributed by atoms with Crippen molar-refractivity contribution in [1.29, 1.82) is 0 Å². The zero-order chi connectivity index (χ0) is 20.4. The Labute approximate surface area is 182 Å². The molecule has 0 N–H and O–H groups in total. The number of rotatable bonds is 4. The van der Waals surface area contributed by atoms with Crippen LogP contribution in [0.25, 0.3) is 22.0 Å². The molecule has 4 aromatic rings. The first-order valence-corrected chi connectivity index (χ1v) is 11.3. The van der Waals surface area contributed by atoms with E-state index in [0.717, 1.165) is 44.3 Å². The van der Waals surface area contributed by atoms with E-state index in [1.54, 1.807) is 11.3 Å². The van der Waals surface area contributed by atoms with Crippen LogP contribution in [-0.2, 0) is 13.0 Å². The molecule has 5 heteroatoms. The van der Waals surface area contributed by atoms with E-state index in [1.165, 1.54) is 4.88 Å². The first kappa shape index (κ1) is 19.8. The molecule has 4 rings (SSSR count). The van der Waals surface area contributed by atoms with Gasteiger partial charge in [-0.15, -0.1) is 11.3 Å². The highest BCUT2D eigenvalue weighted by Crippen LogP contribution is 2.28. The van der Waals surface area contributed by atoms with Gasteiger partial charge in [-0.3, -0.25) is 4.79 Å². The zero-order valence-electron chi connectivity index (χ0n) is 16.4. The molecular formula is C24H21BrN2OS. The largest absolute Gasteiger partial charge is 0.316 e. The van der Waals surface area contributed by atoms with Crippen molar-refractivity contribution in [3.05, 3.63) is 86.4 Å². The van der Waals surface area contributed by atoms with E-state index in [4.69, 9.17) is 0 Å². The van der Waals surface area contributed by atoms with Crippen LogP contribution in [0.15, 0.2) is 76.2 Å². The second-order valence-electron chi connectivity index (χ2n) is 6.70. The number of aromatic nitrogens is 1. The van der Waals surface area contributed by atoms with Gasteiger partial charge in [0.2, 0.25) is 0 Å². The van der Waals surface area contributed by atoms with Gasteiger partial charge in [0.25, 0.3) is 5.91 Å². The summed E-state index contributed by atoms with van der Waals surface area (Å²) in [6.45, 7) is 4.99. The molecule has 1 heterocycles. The van der Waals surface area contributed by atoms with Gasteiger partial charge in [-0.2, -0.15) is 4.99 Å². The summed E-state index contributed by atoms with van der Waals surface area (Å²) in [5.41, 5.74) is 2.93. The molecule has 1 aromatic heterocycles. The van der Waals surface area contributed by atoms with E-state index in [9.17, 15) is 4.79 Å². The molecule has 0 aliphatic carbocycles. The molecule has 146 valence electrons. The van der Waals surface area contributed by atoms with E-state index in [0.29, 0.717) is 5.56 Å². The summed E-state index contributed by atoms with van der Waals surface area (Å²) in [4.78, 5) is 19.6. The Kier molecular flexibility index (Phi) is 5.79. The van der Waals surface area contributed by atoms with Crippen molar-refractivity contribution in [2.24, 2.45) is 4.99 Å². The topological polar surface area (TPSA) is 34.4 Å². The molecule has 0 spiro atoms. The molecular weight excluding hydrogens is 444 g/mol. The van der Waals surface area contributed by atoms with Crippen LogP contribution in [-0.4, -0.2) is 10.5 Å².